The molecule has 0 aliphatic rings. The lowest BCUT2D eigenvalue weighted by Crippen LogP contribution is -2.49. The number of thiocarbonyl (C=S) groups is 1. The lowest BCUT2D eigenvalue weighted by atomic mass is 10.1. The number of ether oxygens (including phenoxy) is 1. The molecule has 6 nitrogen and oxygen atoms in total. The van der Waals surface area contributed by atoms with Crippen LogP contribution in [-0.2, 0) is 4.79 Å². The number of rotatable bonds is 4. The summed E-state index contributed by atoms with van der Waals surface area (Å²) in [5, 5.41) is 2.67. The van der Waals surface area contributed by atoms with Crippen LogP contribution in [0.5, 0.6) is 5.75 Å². The van der Waals surface area contributed by atoms with Crippen molar-refractivity contribution in [2.24, 2.45) is 0 Å². The fourth-order valence-corrected chi connectivity index (χ4v) is 2.54. The predicted octanol–water partition coefficient (Wildman–Crippen LogP) is 2.67. The smallest absolute Gasteiger partial charge is 0.276 e. The second kappa shape index (κ2) is 9.17. The van der Waals surface area contributed by atoms with E-state index in [1.54, 1.807) is 24.3 Å². The van der Waals surface area contributed by atoms with E-state index in [2.05, 4.69) is 16.2 Å². The Hall–Kier alpha value is -2.64. The molecule has 0 saturated heterocycles. The molecule has 0 radical (unpaired) electrons. The van der Waals surface area contributed by atoms with Gasteiger partial charge in [0.15, 0.2) is 11.7 Å². The quantitative estimate of drug-likeness (QED) is 0.551. The molecule has 3 N–H and O–H groups in total. The Kier molecular flexibility index (Phi) is 6.94. The van der Waals surface area contributed by atoms with E-state index >= 15 is 0 Å². The molecule has 0 heterocycles. The maximum atomic E-state index is 12.0. The number of amides is 2. The molecule has 2 aromatic rings. The summed E-state index contributed by atoms with van der Waals surface area (Å²) in [5.41, 5.74) is 7.16. The minimum absolute atomic E-state index is 0.0605. The van der Waals surface area contributed by atoms with E-state index in [1.165, 1.54) is 0 Å². The van der Waals surface area contributed by atoms with Gasteiger partial charge in [0.2, 0.25) is 0 Å². The molecule has 8 heteroatoms. The molecule has 2 rings (SSSR count). The van der Waals surface area contributed by atoms with Crippen LogP contribution < -0.4 is 20.9 Å². The summed E-state index contributed by atoms with van der Waals surface area (Å²) < 4.78 is 5.43. The highest BCUT2D eigenvalue weighted by molar-refractivity contribution is 7.80. The number of carbonyl (C=O) groups excluding carboxylic acids is 2. The first-order valence-corrected chi connectivity index (χ1v) is 8.49. The maximum Gasteiger partial charge on any atom is 0.276 e. The highest BCUT2D eigenvalue weighted by atomic mass is 35.5. The van der Waals surface area contributed by atoms with Crippen molar-refractivity contribution in [1.82, 2.24) is 16.2 Å². The van der Waals surface area contributed by atoms with Crippen molar-refractivity contribution < 1.29 is 14.3 Å². The van der Waals surface area contributed by atoms with Gasteiger partial charge in [-0.05, 0) is 61.5 Å². The zero-order chi connectivity index (χ0) is 19.1. The topological polar surface area (TPSA) is 79.5 Å². The van der Waals surface area contributed by atoms with Crippen molar-refractivity contribution in [3.63, 3.8) is 0 Å². The van der Waals surface area contributed by atoms with Crippen LogP contribution in [0.1, 0.15) is 21.5 Å². The van der Waals surface area contributed by atoms with Crippen LogP contribution in [0, 0.1) is 13.8 Å². The maximum absolute atomic E-state index is 12.0. The minimum atomic E-state index is -0.478. The normalized spacial score (nSPS) is 9.96. The van der Waals surface area contributed by atoms with Crippen LogP contribution in [0.25, 0.3) is 0 Å². The first kappa shape index (κ1) is 19.7. The van der Waals surface area contributed by atoms with Gasteiger partial charge >= 0.3 is 0 Å². The molecular weight excluding hydrogens is 374 g/mol. The third kappa shape index (κ3) is 6.02. The summed E-state index contributed by atoms with van der Waals surface area (Å²) in [7, 11) is 0. The number of benzene rings is 2. The Morgan fingerprint density at radius 2 is 1.73 bits per heavy atom. The zero-order valence-electron chi connectivity index (χ0n) is 14.3. The highest BCUT2D eigenvalue weighted by Crippen LogP contribution is 2.16. The van der Waals surface area contributed by atoms with E-state index in [0.717, 1.165) is 11.1 Å². The van der Waals surface area contributed by atoms with Gasteiger partial charge in [0.25, 0.3) is 11.8 Å². The van der Waals surface area contributed by atoms with Gasteiger partial charge in [-0.1, -0.05) is 29.8 Å². The van der Waals surface area contributed by atoms with Crippen molar-refractivity contribution in [2.45, 2.75) is 13.8 Å². The third-order valence-corrected chi connectivity index (χ3v) is 3.76. The van der Waals surface area contributed by atoms with Crippen molar-refractivity contribution in [3.05, 3.63) is 64.2 Å². The Bertz CT molecular complexity index is 822. The number of hydrogen-bond donors (Lipinski definition) is 3. The van der Waals surface area contributed by atoms with Gasteiger partial charge in [-0.3, -0.25) is 25.8 Å². The van der Waals surface area contributed by atoms with Gasteiger partial charge in [-0.2, -0.15) is 0 Å². The lowest BCUT2D eigenvalue weighted by molar-refractivity contribution is -0.123. The van der Waals surface area contributed by atoms with Gasteiger partial charge in [0.05, 0.1) is 10.6 Å². The molecule has 0 atom stereocenters. The van der Waals surface area contributed by atoms with Crippen LogP contribution in [-0.4, -0.2) is 23.5 Å². The standard InChI is InChI=1S/C18H18ClN3O3S/c1-11-7-12(2)9-13(8-11)25-10-16(23)21-22-18(26)20-17(24)14-5-3-4-6-15(14)19/h3-9H,10H2,1-2H3,(H,21,23)(H2,20,22,24,26). The van der Waals surface area contributed by atoms with Crippen LogP contribution >= 0.6 is 23.8 Å². The minimum Gasteiger partial charge on any atom is -0.484 e. The van der Waals surface area contributed by atoms with E-state index in [4.69, 9.17) is 28.6 Å². The van der Waals surface area contributed by atoms with E-state index in [9.17, 15) is 9.59 Å². The number of aryl methyl sites for hydroxylation is 2. The summed E-state index contributed by atoms with van der Waals surface area (Å²) in [6, 6.07) is 12.2. The molecule has 0 bridgehead atoms. The monoisotopic (exact) mass is 391 g/mol. The van der Waals surface area contributed by atoms with Crippen molar-refractivity contribution in [3.8, 4) is 5.75 Å². The number of hydrogen-bond acceptors (Lipinski definition) is 4. The molecule has 0 fully saturated rings. The fourth-order valence-electron chi connectivity index (χ4n) is 2.17. The van der Waals surface area contributed by atoms with Crippen LogP contribution in [0.3, 0.4) is 0 Å². The van der Waals surface area contributed by atoms with Crippen LogP contribution in [0.15, 0.2) is 42.5 Å². The molecule has 0 aliphatic carbocycles. The van der Waals surface area contributed by atoms with Gasteiger partial charge in [0.1, 0.15) is 5.75 Å². The first-order valence-electron chi connectivity index (χ1n) is 7.71. The molecule has 0 aromatic heterocycles. The molecule has 26 heavy (non-hydrogen) atoms. The largest absolute Gasteiger partial charge is 0.484 e. The SMILES string of the molecule is Cc1cc(C)cc(OCC(=O)NNC(=S)NC(=O)c2ccccc2Cl)c1. The zero-order valence-corrected chi connectivity index (χ0v) is 15.8. The molecule has 0 saturated carbocycles. The van der Waals surface area contributed by atoms with Crippen molar-refractivity contribution >= 4 is 40.7 Å². The first-order chi connectivity index (χ1) is 12.3. The summed E-state index contributed by atoms with van der Waals surface area (Å²) in [5.74, 6) is -0.320. The Morgan fingerprint density at radius 3 is 2.38 bits per heavy atom. The predicted molar refractivity (Wildman–Crippen MR) is 104 cm³/mol. The van der Waals surface area contributed by atoms with Crippen LogP contribution in [0.4, 0.5) is 0 Å². The molecule has 0 aliphatic heterocycles. The number of halogens is 1. The van der Waals surface area contributed by atoms with Crippen molar-refractivity contribution in [2.75, 3.05) is 6.61 Å². The molecule has 0 spiro atoms. The molecule has 2 aromatic carbocycles. The Balaban J connectivity index is 1.77. The molecular formula is C18H18ClN3O3S. The summed E-state index contributed by atoms with van der Waals surface area (Å²) in [6.07, 6.45) is 0. The third-order valence-electron chi connectivity index (χ3n) is 3.23. The van der Waals surface area contributed by atoms with E-state index in [-0.39, 0.29) is 17.3 Å². The Morgan fingerprint density at radius 1 is 1.08 bits per heavy atom. The summed E-state index contributed by atoms with van der Waals surface area (Å²) >= 11 is 10.9. The fraction of sp³-hybridized carbons (Fsp3) is 0.167. The molecule has 2 amide bonds. The molecule has 0 unspecified atom stereocenters. The Labute approximate surface area is 161 Å². The summed E-state index contributed by atoms with van der Waals surface area (Å²) in [4.78, 5) is 23.8. The van der Waals surface area contributed by atoms with Crippen LogP contribution in [0.2, 0.25) is 5.02 Å². The van der Waals surface area contributed by atoms with Gasteiger partial charge in [0, 0.05) is 0 Å². The lowest BCUT2D eigenvalue weighted by Gasteiger charge is -2.12. The van der Waals surface area contributed by atoms with Gasteiger partial charge in [-0.15, -0.1) is 0 Å². The highest BCUT2D eigenvalue weighted by Gasteiger charge is 2.11. The average Bonchev–Trinajstić information content (AvgIpc) is 2.57. The van der Waals surface area contributed by atoms with Gasteiger partial charge in [-0.25, -0.2) is 0 Å². The number of carbonyl (C=O) groups is 2. The van der Waals surface area contributed by atoms with Gasteiger partial charge < -0.3 is 4.74 Å². The summed E-state index contributed by atoms with van der Waals surface area (Å²) in [6.45, 7) is 3.69. The van der Waals surface area contributed by atoms with Crippen molar-refractivity contribution in [1.29, 1.82) is 0 Å². The second-order valence-electron chi connectivity index (χ2n) is 5.55. The number of hydrazine groups is 1. The van der Waals surface area contributed by atoms with E-state index in [1.807, 2.05) is 32.0 Å². The average molecular weight is 392 g/mol. The second-order valence-corrected chi connectivity index (χ2v) is 6.36. The van der Waals surface area contributed by atoms with E-state index in [0.29, 0.717) is 10.8 Å². The molecule has 136 valence electrons. The van der Waals surface area contributed by atoms with E-state index < -0.39 is 11.8 Å². The number of nitrogens with one attached hydrogen (secondary N) is 3.